The van der Waals surface area contributed by atoms with Gasteiger partial charge in [-0.2, -0.15) is 5.26 Å². The van der Waals surface area contributed by atoms with Crippen molar-refractivity contribution in [3.05, 3.63) is 60.2 Å². The van der Waals surface area contributed by atoms with Crippen molar-refractivity contribution in [2.45, 2.75) is 0 Å². The second-order valence-corrected chi connectivity index (χ2v) is 4.34. The second-order valence-electron chi connectivity index (χ2n) is 4.34. The van der Waals surface area contributed by atoms with Gasteiger partial charge in [-0.1, -0.05) is 36.4 Å². The van der Waals surface area contributed by atoms with Gasteiger partial charge in [0.15, 0.2) is 0 Å². The molecule has 1 heterocycles. The molecule has 0 atom stereocenters. The van der Waals surface area contributed by atoms with Crippen molar-refractivity contribution in [1.29, 1.82) is 5.26 Å². The molecule has 3 aromatic rings. The van der Waals surface area contributed by atoms with E-state index in [1.165, 1.54) is 11.3 Å². The van der Waals surface area contributed by atoms with Gasteiger partial charge in [0, 0.05) is 23.6 Å². The number of nitriles is 1. The van der Waals surface area contributed by atoms with Crippen molar-refractivity contribution in [1.82, 2.24) is 4.57 Å². The van der Waals surface area contributed by atoms with Gasteiger partial charge in [-0.15, -0.1) is 0 Å². The molecule has 2 aromatic carbocycles. The van der Waals surface area contributed by atoms with E-state index in [0.29, 0.717) is 5.56 Å². The number of hydrogen-bond acceptors (Lipinski definition) is 1. The summed E-state index contributed by atoms with van der Waals surface area (Å²) >= 11 is 0. The van der Waals surface area contributed by atoms with Gasteiger partial charge >= 0.3 is 0 Å². The molecule has 86 valence electrons. The maximum atomic E-state index is 8.95. The smallest absolute Gasteiger partial charge is 0.0992 e. The van der Waals surface area contributed by atoms with Crippen LogP contribution in [0.1, 0.15) is 5.56 Å². The quantitative estimate of drug-likeness (QED) is 0.628. The van der Waals surface area contributed by atoms with E-state index < -0.39 is 0 Å². The zero-order valence-electron chi connectivity index (χ0n) is 10.1. The van der Waals surface area contributed by atoms with Crippen molar-refractivity contribution in [3.8, 4) is 17.3 Å². The Balaban J connectivity index is 2.27. The summed E-state index contributed by atoms with van der Waals surface area (Å²) in [6.07, 6.45) is 0. The normalized spacial score (nSPS) is 10.4. The van der Waals surface area contributed by atoms with Gasteiger partial charge in [0.2, 0.25) is 0 Å². The Bertz CT molecular complexity index is 746. The molecule has 0 aliphatic carbocycles. The Morgan fingerprint density at radius 2 is 1.78 bits per heavy atom. The molecular weight excluding hydrogens is 220 g/mol. The molecule has 0 saturated heterocycles. The summed E-state index contributed by atoms with van der Waals surface area (Å²) in [6, 6.07) is 20.4. The highest BCUT2D eigenvalue weighted by atomic mass is 14.9. The zero-order chi connectivity index (χ0) is 12.5. The molecule has 0 aliphatic heterocycles. The van der Waals surface area contributed by atoms with Gasteiger partial charge < -0.3 is 4.57 Å². The van der Waals surface area contributed by atoms with Gasteiger partial charge in [-0.3, -0.25) is 0 Å². The van der Waals surface area contributed by atoms with Crippen LogP contribution >= 0.6 is 0 Å². The summed E-state index contributed by atoms with van der Waals surface area (Å²) in [7, 11) is 2.03. The lowest BCUT2D eigenvalue weighted by Crippen LogP contribution is -1.91. The monoisotopic (exact) mass is 232 g/mol. The van der Waals surface area contributed by atoms with Gasteiger partial charge in [0.1, 0.15) is 0 Å². The highest BCUT2D eigenvalue weighted by Gasteiger charge is 2.07. The first-order chi connectivity index (χ1) is 8.79. The van der Waals surface area contributed by atoms with Crippen LogP contribution in [0.15, 0.2) is 54.6 Å². The van der Waals surface area contributed by atoms with E-state index in [1.807, 2.05) is 43.4 Å². The van der Waals surface area contributed by atoms with E-state index in [-0.39, 0.29) is 0 Å². The van der Waals surface area contributed by atoms with Crippen molar-refractivity contribution in [3.63, 3.8) is 0 Å². The molecule has 0 radical (unpaired) electrons. The van der Waals surface area contributed by atoms with Gasteiger partial charge in [-0.05, 0) is 23.8 Å². The molecule has 0 spiro atoms. The van der Waals surface area contributed by atoms with Crippen LogP contribution in [0.5, 0.6) is 0 Å². The Morgan fingerprint density at radius 3 is 2.50 bits per heavy atom. The average Bonchev–Trinajstić information content (AvgIpc) is 2.77. The molecular formula is C16H12N2. The number of rotatable bonds is 1. The lowest BCUT2D eigenvalue weighted by atomic mass is 10.1. The largest absolute Gasteiger partial charge is 0.344 e. The van der Waals surface area contributed by atoms with E-state index in [4.69, 9.17) is 5.26 Å². The minimum atomic E-state index is 0.698. The van der Waals surface area contributed by atoms with Gasteiger partial charge in [0.05, 0.1) is 11.6 Å². The maximum Gasteiger partial charge on any atom is 0.0992 e. The predicted molar refractivity (Wildman–Crippen MR) is 73.1 cm³/mol. The molecule has 0 amide bonds. The van der Waals surface area contributed by atoms with Crippen LogP contribution in [0.3, 0.4) is 0 Å². The Hall–Kier alpha value is -2.53. The van der Waals surface area contributed by atoms with E-state index in [0.717, 1.165) is 10.9 Å². The summed E-state index contributed by atoms with van der Waals surface area (Å²) in [5.74, 6) is 0. The van der Waals surface area contributed by atoms with Crippen LogP contribution in [0.2, 0.25) is 0 Å². The number of hydrogen-bond donors (Lipinski definition) is 0. The summed E-state index contributed by atoms with van der Waals surface area (Å²) in [6.45, 7) is 0. The molecule has 18 heavy (non-hydrogen) atoms. The average molecular weight is 232 g/mol. The first-order valence-electron chi connectivity index (χ1n) is 5.84. The van der Waals surface area contributed by atoms with Crippen molar-refractivity contribution >= 4 is 10.9 Å². The standard InChI is InChI=1S/C16H12N2/c1-18-15-9-12(11-17)7-8-14(15)10-16(18)13-5-3-2-4-6-13/h2-10H,1H3. The number of aromatic nitrogens is 1. The third kappa shape index (κ3) is 1.57. The lowest BCUT2D eigenvalue weighted by molar-refractivity contribution is 0.978. The molecule has 3 rings (SSSR count). The number of nitrogens with zero attached hydrogens (tertiary/aromatic N) is 2. The number of fused-ring (bicyclic) bond motifs is 1. The van der Waals surface area contributed by atoms with Crippen LogP contribution in [0.4, 0.5) is 0 Å². The fourth-order valence-electron chi connectivity index (χ4n) is 2.29. The molecule has 2 nitrogen and oxygen atoms in total. The summed E-state index contributed by atoms with van der Waals surface area (Å²) in [4.78, 5) is 0. The first-order valence-corrected chi connectivity index (χ1v) is 5.84. The molecule has 0 aliphatic rings. The molecule has 1 aromatic heterocycles. The first kappa shape index (κ1) is 10.6. The van der Waals surface area contributed by atoms with E-state index >= 15 is 0 Å². The summed E-state index contributed by atoms with van der Waals surface area (Å²) in [5, 5.41) is 10.1. The molecule has 0 unspecified atom stereocenters. The van der Waals surface area contributed by atoms with Crippen LogP contribution in [-0.2, 0) is 7.05 Å². The fourth-order valence-corrected chi connectivity index (χ4v) is 2.29. The van der Waals surface area contributed by atoms with Crippen LogP contribution in [0, 0.1) is 11.3 Å². The highest BCUT2D eigenvalue weighted by Crippen LogP contribution is 2.27. The predicted octanol–water partition coefficient (Wildman–Crippen LogP) is 3.72. The zero-order valence-corrected chi connectivity index (χ0v) is 10.1. The van der Waals surface area contributed by atoms with Crippen molar-refractivity contribution in [2.24, 2.45) is 7.05 Å². The SMILES string of the molecule is Cn1c(-c2ccccc2)cc2ccc(C#N)cc21. The number of aryl methyl sites for hydroxylation is 1. The summed E-state index contributed by atoms with van der Waals surface area (Å²) < 4.78 is 2.13. The fraction of sp³-hybridized carbons (Fsp3) is 0.0625. The lowest BCUT2D eigenvalue weighted by Gasteiger charge is -2.04. The van der Waals surface area contributed by atoms with Crippen LogP contribution < -0.4 is 0 Å². The van der Waals surface area contributed by atoms with Gasteiger partial charge in [0.25, 0.3) is 0 Å². The Labute approximate surface area is 106 Å². The van der Waals surface area contributed by atoms with Crippen LogP contribution in [0.25, 0.3) is 22.2 Å². The minimum absolute atomic E-state index is 0.698. The molecule has 0 bridgehead atoms. The summed E-state index contributed by atoms with van der Waals surface area (Å²) in [5.41, 5.74) is 4.15. The van der Waals surface area contributed by atoms with E-state index in [9.17, 15) is 0 Å². The third-order valence-electron chi connectivity index (χ3n) is 3.24. The minimum Gasteiger partial charge on any atom is -0.344 e. The van der Waals surface area contributed by atoms with E-state index in [1.54, 1.807) is 0 Å². The van der Waals surface area contributed by atoms with Crippen molar-refractivity contribution < 1.29 is 0 Å². The van der Waals surface area contributed by atoms with Crippen molar-refractivity contribution in [2.75, 3.05) is 0 Å². The van der Waals surface area contributed by atoms with E-state index in [2.05, 4.69) is 28.8 Å². The topological polar surface area (TPSA) is 28.7 Å². The third-order valence-corrected chi connectivity index (χ3v) is 3.24. The highest BCUT2D eigenvalue weighted by molar-refractivity contribution is 5.87. The Morgan fingerprint density at radius 1 is 1.00 bits per heavy atom. The maximum absolute atomic E-state index is 8.95. The molecule has 0 N–H and O–H groups in total. The van der Waals surface area contributed by atoms with Crippen LogP contribution in [-0.4, -0.2) is 4.57 Å². The van der Waals surface area contributed by atoms with Gasteiger partial charge in [-0.25, -0.2) is 0 Å². The second kappa shape index (κ2) is 4.05. The molecule has 0 fully saturated rings. The Kier molecular flexibility index (Phi) is 2.39. The molecule has 0 saturated carbocycles. The molecule has 2 heteroatoms. The number of benzene rings is 2.